The fourth-order valence-corrected chi connectivity index (χ4v) is 2.58. The van der Waals surface area contributed by atoms with Gasteiger partial charge in [0.25, 0.3) is 0 Å². The predicted octanol–water partition coefficient (Wildman–Crippen LogP) is 3.28. The number of likely N-dealkylation sites (N-methyl/N-ethyl adjacent to an activating group) is 1. The summed E-state index contributed by atoms with van der Waals surface area (Å²) >= 11 is 6.15. The minimum Gasteiger partial charge on any atom is -0.491 e. The Labute approximate surface area is 147 Å². The fraction of sp³-hybridized carbons (Fsp3) is 0.316. The van der Waals surface area contributed by atoms with Crippen molar-refractivity contribution in [2.75, 3.05) is 20.2 Å². The molecule has 0 aliphatic rings. The summed E-state index contributed by atoms with van der Waals surface area (Å²) in [5, 5.41) is 19.5. The van der Waals surface area contributed by atoms with Gasteiger partial charge in [0.05, 0.1) is 12.5 Å². The van der Waals surface area contributed by atoms with Crippen LogP contribution in [0, 0.1) is 11.3 Å². The van der Waals surface area contributed by atoms with Gasteiger partial charge in [-0.05, 0) is 36.4 Å². The number of benzene rings is 2. The second-order valence-electron chi connectivity index (χ2n) is 5.73. The molecule has 0 saturated carbocycles. The van der Waals surface area contributed by atoms with Crippen LogP contribution in [0.5, 0.6) is 5.75 Å². The molecule has 1 N–H and O–H groups in total. The third kappa shape index (κ3) is 5.86. The first-order valence-electron chi connectivity index (χ1n) is 7.77. The molecule has 0 radical (unpaired) electrons. The van der Waals surface area contributed by atoms with Crippen molar-refractivity contribution in [2.45, 2.75) is 19.1 Å². The summed E-state index contributed by atoms with van der Waals surface area (Å²) in [5.41, 5.74) is 1.98. The minimum absolute atomic E-state index is 0.213. The Kier molecular flexibility index (Phi) is 7.07. The molecule has 0 fully saturated rings. The van der Waals surface area contributed by atoms with E-state index in [1.807, 2.05) is 60.5 Å². The van der Waals surface area contributed by atoms with Gasteiger partial charge in [-0.25, -0.2) is 0 Å². The van der Waals surface area contributed by atoms with Crippen LogP contribution in [0.3, 0.4) is 0 Å². The van der Waals surface area contributed by atoms with E-state index in [1.54, 1.807) is 0 Å². The zero-order chi connectivity index (χ0) is 17.4. The van der Waals surface area contributed by atoms with Crippen molar-refractivity contribution < 1.29 is 9.84 Å². The number of nitriles is 1. The number of halogens is 1. The maximum absolute atomic E-state index is 10.1. The van der Waals surface area contributed by atoms with Crippen LogP contribution >= 0.6 is 11.6 Å². The monoisotopic (exact) mass is 344 g/mol. The summed E-state index contributed by atoms with van der Waals surface area (Å²) in [6.07, 6.45) is -0.216. The van der Waals surface area contributed by atoms with Gasteiger partial charge in [-0.1, -0.05) is 41.9 Å². The molecule has 0 saturated heterocycles. The van der Waals surface area contributed by atoms with Crippen molar-refractivity contribution in [2.24, 2.45) is 0 Å². The topological polar surface area (TPSA) is 56.5 Å². The first kappa shape index (κ1) is 18.3. The third-order valence-corrected chi connectivity index (χ3v) is 3.94. The molecule has 2 aromatic rings. The molecule has 0 aliphatic carbocycles. The molecule has 24 heavy (non-hydrogen) atoms. The van der Waals surface area contributed by atoms with E-state index in [1.165, 1.54) is 0 Å². The van der Waals surface area contributed by atoms with Gasteiger partial charge in [-0.3, -0.25) is 4.90 Å². The number of rotatable bonds is 8. The van der Waals surface area contributed by atoms with Crippen LogP contribution in [0.2, 0.25) is 5.02 Å². The lowest BCUT2D eigenvalue weighted by atomic mass is 10.2. The largest absolute Gasteiger partial charge is 0.491 e. The molecular formula is C19H21ClN2O2. The SMILES string of the molecule is CN(Cc1ccccc1Cl)CC(O)COc1ccc(CC#N)cc1. The van der Waals surface area contributed by atoms with E-state index in [0.717, 1.165) is 16.1 Å². The van der Waals surface area contributed by atoms with Crippen molar-refractivity contribution in [1.82, 2.24) is 4.90 Å². The number of ether oxygens (including phenoxy) is 1. The Hall–Kier alpha value is -2.06. The quantitative estimate of drug-likeness (QED) is 0.798. The normalized spacial score (nSPS) is 12.0. The summed E-state index contributed by atoms with van der Waals surface area (Å²) in [7, 11) is 1.93. The van der Waals surface area contributed by atoms with E-state index in [2.05, 4.69) is 6.07 Å². The molecular weight excluding hydrogens is 324 g/mol. The average molecular weight is 345 g/mol. The van der Waals surface area contributed by atoms with Gasteiger partial charge < -0.3 is 9.84 Å². The highest BCUT2D eigenvalue weighted by Crippen LogP contribution is 2.17. The first-order valence-corrected chi connectivity index (χ1v) is 8.15. The molecule has 0 spiro atoms. The Bertz CT molecular complexity index is 683. The maximum Gasteiger partial charge on any atom is 0.119 e. The Morgan fingerprint density at radius 1 is 1.21 bits per heavy atom. The first-order chi connectivity index (χ1) is 11.6. The third-order valence-electron chi connectivity index (χ3n) is 3.57. The standard InChI is InChI=1S/C19H21ClN2O2/c1-22(12-16-4-2-3-5-19(16)20)13-17(23)14-24-18-8-6-15(7-9-18)10-11-21/h2-9,17,23H,10,12-14H2,1H3. The van der Waals surface area contributed by atoms with Crippen LogP contribution in [0.1, 0.15) is 11.1 Å². The summed E-state index contributed by atoms with van der Waals surface area (Å²) in [6.45, 7) is 1.36. The molecule has 1 atom stereocenters. The lowest BCUT2D eigenvalue weighted by Crippen LogP contribution is -2.32. The molecule has 4 nitrogen and oxygen atoms in total. The van der Waals surface area contributed by atoms with E-state index >= 15 is 0 Å². The van der Waals surface area contributed by atoms with Crippen molar-refractivity contribution in [3.8, 4) is 11.8 Å². The summed E-state index contributed by atoms with van der Waals surface area (Å²) in [5.74, 6) is 0.685. The highest BCUT2D eigenvalue weighted by molar-refractivity contribution is 6.31. The van der Waals surface area contributed by atoms with Gasteiger partial charge >= 0.3 is 0 Å². The second-order valence-corrected chi connectivity index (χ2v) is 6.14. The van der Waals surface area contributed by atoms with Gasteiger partial charge in [-0.15, -0.1) is 0 Å². The Morgan fingerprint density at radius 2 is 1.92 bits per heavy atom. The molecule has 126 valence electrons. The van der Waals surface area contributed by atoms with Crippen molar-refractivity contribution in [3.05, 3.63) is 64.7 Å². The smallest absolute Gasteiger partial charge is 0.119 e. The van der Waals surface area contributed by atoms with Crippen molar-refractivity contribution in [1.29, 1.82) is 5.26 Å². The van der Waals surface area contributed by atoms with Crippen molar-refractivity contribution >= 4 is 11.6 Å². The number of nitrogens with zero attached hydrogens (tertiary/aromatic N) is 2. The summed E-state index contributed by atoms with van der Waals surface area (Å²) < 4.78 is 5.59. The summed E-state index contributed by atoms with van der Waals surface area (Å²) in [6, 6.07) is 17.1. The number of aliphatic hydroxyl groups excluding tert-OH is 1. The van der Waals surface area contributed by atoms with Gasteiger partial charge in [0.2, 0.25) is 0 Å². The highest BCUT2D eigenvalue weighted by atomic mass is 35.5. The van der Waals surface area contributed by atoms with E-state index in [4.69, 9.17) is 21.6 Å². The minimum atomic E-state index is -0.601. The Morgan fingerprint density at radius 3 is 2.58 bits per heavy atom. The molecule has 0 bridgehead atoms. The molecule has 0 heterocycles. The van der Waals surface area contributed by atoms with E-state index in [-0.39, 0.29) is 6.61 Å². The van der Waals surface area contributed by atoms with E-state index in [9.17, 15) is 5.11 Å². The zero-order valence-corrected chi connectivity index (χ0v) is 14.4. The van der Waals surface area contributed by atoms with Crippen LogP contribution in [0.15, 0.2) is 48.5 Å². The lowest BCUT2D eigenvalue weighted by molar-refractivity contribution is 0.0744. The second kappa shape index (κ2) is 9.29. The molecule has 0 aliphatic heterocycles. The molecule has 0 aromatic heterocycles. The Balaban J connectivity index is 1.77. The fourth-order valence-electron chi connectivity index (χ4n) is 2.38. The number of aliphatic hydroxyl groups is 1. The van der Waals surface area contributed by atoms with Gasteiger partial charge in [0.15, 0.2) is 0 Å². The van der Waals surface area contributed by atoms with Gasteiger partial charge in [0.1, 0.15) is 18.5 Å². The van der Waals surface area contributed by atoms with Crippen LogP contribution in [-0.2, 0) is 13.0 Å². The highest BCUT2D eigenvalue weighted by Gasteiger charge is 2.11. The van der Waals surface area contributed by atoms with Crippen LogP contribution < -0.4 is 4.74 Å². The number of hydrogen-bond acceptors (Lipinski definition) is 4. The number of hydrogen-bond donors (Lipinski definition) is 1. The summed E-state index contributed by atoms with van der Waals surface area (Å²) in [4.78, 5) is 2.01. The van der Waals surface area contributed by atoms with E-state index in [0.29, 0.717) is 25.3 Å². The predicted molar refractivity (Wildman–Crippen MR) is 95.0 cm³/mol. The van der Waals surface area contributed by atoms with Crippen molar-refractivity contribution in [3.63, 3.8) is 0 Å². The molecule has 2 rings (SSSR count). The average Bonchev–Trinajstić information content (AvgIpc) is 2.56. The molecule has 1 unspecified atom stereocenters. The molecule has 5 heteroatoms. The maximum atomic E-state index is 10.1. The lowest BCUT2D eigenvalue weighted by Gasteiger charge is -2.21. The van der Waals surface area contributed by atoms with Gasteiger partial charge in [0, 0.05) is 18.1 Å². The molecule has 2 aromatic carbocycles. The zero-order valence-electron chi connectivity index (χ0n) is 13.7. The van der Waals surface area contributed by atoms with E-state index < -0.39 is 6.10 Å². The van der Waals surface area contributed by atoms with Crippen LogP contribution in [0.25, 0.3) is 0 Å². The molecule has 0 amide bonds. The van der Waals surface area contributed by atoms with Crippen LogP contribution in [-0.4, -0.2) is 36.3 Å². The van der Waals surface area contributed by atoms with Crippen LogP contribution in [0.4, 0.5) is 0 Å². The van der Waals surface area contributed by atoms with Gasteiger partial charge in [-0.2, -0.15) is 5.26 Å².